The predicted molar refractivity (Wildman–Crippen MR) is 150 cm³/mol. The standard InChI is InChI=1S/C29H27ClN4O5/c1-38-26-16-20(15-25(34(36)37)27(26)39-18-19-11-13-22(30)14-12-19)17-31-33-28(21-7-3-2-4-8-21)32-24-10-6-5-9-23(24)29(33)35/h5-6,9-17,21H,2-4,7-8,18H2,1H3. The van der Waals surface area contributed by atoms with Crippen molar-refractivity contribution >= 4 is 34.4 Å². The topological polar surface area (TPSA) is 109 Å². The quantitative estimate of drug-likeness (QED) is 0.142. The third kappa shape index (κ3) is 5.78. The number of rotatable bonds is 8. The van der Waals surface area contributed by atoms with E-state index in [1.54, 1.807) is 42.5 Å². The summed E-state index contributed by atoms with van der Waals surface area (Å²) < 4.78 is 12.6. The van der Waals surface area contributed by atoms with Gasteiger partial charge in [0.15, 0.2) is 5.75 Å². The molecular formula is C29H27ClN4O5. The summed E-state index contributed by atoms with van der Waals surface area (Å²) in [5.41, 5.74) is 1.25. The molecule has 0 bridgehead atoms. The second-order valence-corrected chi connectivity index (χ2v) is 9.86. The molecule has 5 rings (SSSR count). The van der Waals surface area contributed by atoms with Crippen LogP contribution in [-0.2, 0) is 6.61 Å². The number of halogens is 1. The van der Waals surface area contributed by atoms with E-state index in [1.807, 2.05) is 12.1 Å². The maximum absolute atomic E-state index is 13.5. The Morgan fingerprint density at radius 3 is 2.59 bits per heavy atom. The Bertz CT molecular complexity index is 1590. The van der Waals surface area contributed by atoms with Crippen LogP contribution in [-0.4, -0.2) is 27.9 Å². The average molecular weight is 547 g/mol. The van der Waals surface area contributed by atoms with Gasteiger partial charge in [-0.3, -0.25) is 14.9 Å². The van der Waals surface area contributed by atoms with Gasteiger partial charge < -0.3 is 9.47 Å². The van der Waals surface area contributed by atoms with Gasteiger partial charge in [0.25, 0.3) is 5.56 Å². The highest BCUT2D eigenvalue weighted by Crippen LogP contribution is 2.38. The van der Waals surface area contributed by atoms with Gasteiger partial charge in [0.2, 0.25) is 5.75 Å². The molecule has 1 aromatic heterocycles. The maximum Gasteiger partial charge on any atom is 0.315 e. The second-order valence-electron chi connectivity index (χ2n) is 9.43. The lowest BCUT2D eigenvalue weighted by Gasteiger charge is -2.22. The summed E-state index contributed by atoms with van der Waals surface area (Å²) in [6, 6.07) is 17.1. The van der Waals surface area contributed by atoms with E-state index in [9.17, 15) is 14.9 Å². The van der Waals surface area contributed by atoms with E-state index in [-0.39, 0.29) is 35.3 Å². The molecule has 0 unspecified atom stereocenters. The van der Waals surface area contributed by atoms with Crippen LogP contribution in [0.5, 0.6) is 11.5 Å². The van der Waals surface area contributed by atoms with Gasteiger partial charge in [0.1, 0.15) is 12.4 Å². The number of para-hydroxylation sites is 1. The van der Waals surface area contributed by atoms with Crippen LogP contribution in [0.1, 0.15) is 55.0 Å². The number of nitro groups is 1. The van der Waals surface area contributed by atoms with E-state index in [2.05, 4.69) is 5.10 Å². The van der Waals surface area contributed by atoms with Crippen molar-refractivity contribution in [1.29, 1.82) is 0 Å². The van der Waals surface area contributed by atoms with Crippen molar-refractivity contribution in [2.45, 2.75) is 44.6 Å². The van der Waals surface area contributed by atoms with E-state index in [4.69, 9.17) is 26.1 Å². The van der Waals surface area contributed by atoms with Crippen LogP contribution < -0.4 is 15.0 Å². The maximum atomic E-state index is 13.5. The first-order valence-corrected chi connectivity index (χ1v) is 13.1. The van der Waals surface area contributed by atoms with Crippen LogP contribution in [0.25, 0.3) is 10.9 Å². The number of fused-ring (bicyclic) bond motifs is 1. The predicted octanol–water partition coefficient (Wildman–Crippen LogP) is 6.48. The van der Waals surface area contributed by atoms with Crippen molar-refractivity contribution < 1.29 is 14.4 Å². The van der Waals surface area contributed by atoms with Gasteiger partial charge in [0.05, 0.1) is 29.2 Å². The molecule has 200 valence electrons. The van der Waals surface area contributed by atoms with Crippen molar-refractivity contribution in [3.8, 4) is 11.5 Å². The van der Waals surface area contributed by atoms with Crippen molar-refractivity contribution in [1.82, 2.24) is 9.66 Å². The lowest BCUT2D eigenvalue weighted by atomic mass is 9.88. The Balaban J connectivity index is 1.53. The molecule has 10 heteroatoms. The monoisotopic (exact) mass is 546 g/mol. The molecule has 0 amide bonds. The Morgan fingerprint density at radius 2 is 1.87 bits per heavy atom. The lowest BCUT2D eigenvalue weighted by Crippen LogP contribution is -2.25. The molecule has 9 nitrogen and oxygen atoms in total. The number of hydrogen-bond acceptors (Lipinski definition) is 7. The average Bonchev–Trinajstić information content (AvgIpc) is 2.96. The van der Waals surface area contributed by atoms with Gasteiger partial charge in [0, 0.05) is 22.6 Å². The summed E-state index contributed by atoms with van der Waals surface area (Å²) in [5, 5.41) is 17.5. The number of benzene rings is 3. The van der Waals surface area contributed by atoms with Gasteiger partial charge in [-0.2, -0.15) is 9.78 Å². The number of methoxy groups -OCH3 is 1. The van der Waals surface area contributed by atoms with Crippen LogP contribution >= 0.6 is 11.6 Å². The Kier molecular flexibility index (Phi) is 7.88. The van der Waals surface area contributed by atoms with Crippen LogP contribution in [0.15, 0.2) is 70.6 Å². The van der Waals surface area contributed by atoms with Gasteiger partial charge >= 0.3 is 5.69 Å². The summed E-state index contributed by atoms with van der Waals surface area (Å²) >= 11 is 5.94. The summed E-state index contributed by atoms with van der Waals surface area (Å²) in [5.74, 6) is 0.901. The van der Waals surface area contributed by atoms with Gasteiger partial charge in [-0.15, -0.1) is 0 Å². The molecule has 3 aromatic carbocycles. The number of nitrogens with zero attached hydrogens (tertiary/aromatic N) is 4. The molecule has 1 saturated carbocycles. The number of hydrogen-bond donors (Lipinski definition) is 0. The minimum absolute atomic E-state index is 0.00188. The fourth-order valence-corrected chi connectivity index (χ4v) is 4.98. The zero-order valence-corrected chi connectivity index (χ0v) is 22.1. The van der Waals surface area contributed by atoms with E-state index in [0.29, 0.717) is 27.3 Å². The largest absolute Gasteiger partial charge is 0.493 e. The first-order valence-electron chi connectivity index (χ1n) is 12.7. The molecule has 0 radical (unpaired) electrons. The summed E-state index contributed by atoms with van der Waals surface area (Å²) in [6.07, 6.45) is 6.57. The van der Waals surface area contributed by atoms with Crippen LogP contribution in [0.2, 0.25) is 5.02 Å². The molecule has 39 heavy (non-hydrogen) atoms. The molecule has 0 N–H and O–H groups in total. The van der Waals surface area contributed by atoms with Crippen molar-refractivity contribution in [2.24, 2.45) is 5.10 Å². The summed E-state index contributed by atoms with van der Waals surface area (Å²) in [4.78, 5) is 29.7. The third-order valence-electron chi connectivity index (χ3n) is 6.84. The van der Waals surface area contributed by atoms with E-state index < -0.39 is 4.92 Å². The first-order chi connectivity index (χ1) is 18.9. The zero-order valence-electron chi connectivity index (χ0n) is 21.4. The smallest absolute Gasteiger partial charge is 0.315 e. The van der Waals surface area contributed by atoms with E-state index in [0.717, 1.165) is 37.7 Å². The summed E-state index contributed by atoms with van der Waals surface area (Å²) in [7, 11) is 1.41. The summed E-state index contributed by atoms with van der Waals surface area (Å²) in [6.45, 7) is 0.0880. The van der Waals surface area contributed by atoms with Crippen molar-refractivity contribution in [3.63, 3.8) is 0 Å². The van der Waals surface area contributed by atoms with Crippen LogP contribution in [0.3, 0.4) is 0 Å². The van der Waals surface area contributed by atoms with Gasteiger partial charge in [-0.1, -0.05) is 55.1 Å². The number of nitro benzene ring substituents is 1. The molecule has 1 heterocycles. The zero-order chi connectivity index (χ0) is 27.4. The highest BCUT2D eigenvalue weighted by atomic mass is 35.5. The normalized spacial score (nSPS) is 14.1. The highest BCUT2D eigenvalue weighted by Gasteiger charge is 2.24. The van der Waals surface area contributed by atoms with Crippen LogP contribution in [0, 0.1) is 10.1 Å². The fraction of sp³-hybridized carbons (Fsp3) is 0.276. The molecule has 0 saturated heterocycles. The van der Waals surface area contributed by atoms with Crippen LogP contribution in [0.4, 0.5) is 5.69 Å². The minimum Gasteiger partial charge on any atom is -0.493 e. The molecule has 1 fully saturated rings. The molecule has 4 aromatic rings. The Morgan fingerprint density at radius 1 is 1.13 bits per heavy atom. The molecule has 1 aliphatic rings. The van der Waals surface area contributed by atoms with Gasteiger partial charge in [-0.25, -0.2) is 4.98 Å². The first kappa shape index (κ1) is 26.4. The van der Waals surface area contributed by atoms with E-state index >= 15 is 0 Å². The lowest BCUT2D eigenvalue weighted by molar-refractivity contribution is -0.386. The minimum atomic E-state index is -0.533. The van der Waals surface area contributed by atoms with Gasteiger partial charge in [-0.05, 0) is 48.7 Å². The molecule has 1 aliphatic carbocycles. The molecule has 0 aliphatic heterocycles. The fourth-order valence-electron chi connectivity index (χ4n) is 4.85. The van der Waals surface area contributed by atoms with Crippen molar-refractivity contribution in [2.75, 3.05) is 7.11 Å². The van der Waals surface area contributed by atoms with E-state index in [1.165, 1.54) is 24.1 Å². The van der Waals surface area contributed by atoms with Crippen molar-refractivity contribution in [3.05, 3.63) is 103 Å². The number of aromatic nitrogens is 2. The molecular weight excluding hydrogens is 520 g/mol. The second kappa shape index (κ2) is 11.7. The molecule has 0 atom stereocenters. The highest BCUT2D eigenvalue weighted by molar-refractivity contribution is 6.30. The SMILES string of the molecule is COc1cc(C=Nn2c(C3CCCCC3)nc3ccccc3c2=O)cc([N+](=O)[O-])c1OCc1ccc(Cl)cc1. The Labute approximate surface area is 229 Å². The number of ether oxygens (including phenoxy) is 2. The Hall–Kier alpha value is -4.24. The molecule has 0 spiro atoms. The third-order valence-corrected chi connectivity index (χ3v) is 7.09.